The molecule has 0 aliphatic carbocycles. The number of nitrogens with zero attached hydrogens (tertiary/aromatic N) is 1. The molecule has 1 aromatic heterocycles. The summed E-state index contributed by atoms with van der Waals surface area (Å²) in [4.78, 5) is 14.5. The lowest BCUT2D eigenvalue weighted by molar-refractivity contribution is -0.137. The molecule has 0 fully saturated rings. The van der Waals surface area contributed by atoms with Gasteiger partial charge in [-0.3, -0.25) is 4.79 Å². The Kier molecular flexibility index (Phi) is 6.77. The fourth-order valence-electron chi connectivity index (χ4n) is 2.52. The van der Waals surface area contributed by atoms with Gasteiger partial charge in [0.1, 0.15) is 0 Å². The predicted octanol–water partition coefficient (Wildman–Crippen LogP) is 2.67. The second-order valence-corrected chi connectivity index (χ2v) is 6.52. The Morgan fingerprint density at radius 2 is 2.04 bits per heavy atom. The maximum Gasteiger partial charge on any atom is 0.227 e. The molecule has 0 aliphatic rings. The lowest BCUT2D eigenvalue weighted by Gasteiger charge is -2.28. The van der Waals surface area contributed by atoms with E-state index in [1.807, 2.05) is 61.1 Å². The third-order valence-electron chi connectivity index (χ3n) is 3.78. The zero-order chi connectivity index (χ0) is 16.7. The van der Waals surface area contributed by atoms with Crippen LogP contribution in [0.5, 0.6) is 0 Å². The molecule has 0 radical (unpaired) electrons. The van der Waals surface area contributed by atoms with Crippen molar-refractivity contribution in [2.75, 3.05) is 20.1 Å². The highest BCUT2D eigenvalue weighted by molar-refractivity contribution is 7.07. The molecule has 0 aliphatic heterocycles. The van der Waals surface area contributed by atoms with Crippen LogP contribution in [0.25, 0.3) is 0 Å². The molecule has 4 nitrogen and oxygen atoms in total. The molecule has 0 spiro atoms. The number of thiophene rings is 1. The fourth-order valence-corrected chi connectivity index (χ4v) is 3.23. The van der Waals surface area contributed by atoms with Gasteiger partial charge in [-0.25, -0.2) is 0 Å². The van der Waals surface area contributed by atoms with Crippen LogP contribution in [0, 0.1) is 5.92 Å². The lowest BCUT2D eigenvalue weighted by Crippen LogP contribution is -2.40. The van der Waals surface area contributed by atoms with Crippen LogP contribution in [-0.2, 0) is 11.3 Å². The van der Waals surface area contributed by atoms with Crippen LogP contribution in [0.1, 0.15) is 24.2 Å². The van der Waals surface area contributed by atoms with Crippen molar-refractivity contribution in [3.8, 4) is 0 Å². The van der Waals surface area contributed by atoms with E-state index in [2.05, 4.69) is 5.32 Å². The third-order valence-corrected chi connectivity index (χ3v) is 4.48. The first-order valence-electron chi connectivity index (χ1n) is 7.79. The van der Waals surface area contributed by atoms with Crippen molar-refractivity contribution in [2.45, 2.75) is 19.6 Å². The maximum atomic E-state index is 12.7. The average Bonchev–Trinajstić information content (AvgIpc) is 3.09. The Bertz CT molecular complexity index is 586. The second-order valence-electron chi connectivity index (χ2n) is 5.74. The van der Waals surface area contributed by atoms with Crippen molar-refractivity contribution in [1.82, 2.24) is 10.2 Å². The van der Waals surface area contributed by atoms with Crippen LogP contribution < -0.4 is 5.32 Å². The Labute approximate surface area is 141 Å². The monoisotopic (exact) mass is 332 g/mol. The van der Waals surface area contributed by atoms with Gasteiger partial charge >= 0.3 is 0 Å². The molecule has 23 heavy (non-hydrogen) atoms. The molecule has 2 N–H and O–H groups in total. The first-order chi connectivity index (χ1) is 11.1. The molecule has 1 heterocycles. The summed E-state index contributed by atoms with van der Waals surface area (Å²) in [7, 11) is 1.84. The SMILES string of the molecule is CNCC(C)C(=O)N(Cc1ccccc1)CC(O)c1ccsc1. The highest BCUT2D eigenvalue weighted by Gasteiger charge is 2.23. The zero-order valence-corrected chi connectivity index (χ0v) is 14.4. The number of hydrogen-bond donors (Lipinski definition) is 2. The van der Waals surface area contributed by atoms with Gasteiger partial charge in [0.2, 0.25) is 5.91 Å². The normalized spacial score (nSPS) is 13.5. The number of amides is 1. The minimum atomic E-state index is -0.657. The van der Waals surface area contributed by atoms with Gasteiger partial charge in [0.05, 0.1) is 12.6 Å². The van der Waals surface area contributed by atoms with E-state index >= 15 is 0 Å². The number of carbonyl (C=O) groups is 1. The van der Waals surface area contributed by atoms with Gasteiger partial charge in [0.25, 0.3) is 0 Å². The van der Waals surface area contributed by atoms with Crippen LogP contribution >= 0.6 is 11.3 Å². The molecule has 1 aromatic carbocycles. The number of aliphatic hydroxyl groups is 1. The highest BCUT2D eigenvalue weighted by Crippen LogP contribution is 2.19. The molecular formula is C18H24N2O2S. The summed E-state index contributed by atoms with van der Waals surface area (Å²) in [6.07, 6.45) is -0.657. The summed E-state index contributed by atoms with van der Waals surface area (Å²) in [5.41, 5.74) is 1.93. The van der Waals surface area contributed by atoms with E-state index in [9.17, 15) is 9.90 Å². The number of aliphatic hydroxyl groups excluding tert-OH is 1. The van der Waals surface area contributed by atoms with Crippen LogP contribution in [0.2, 0.25) is 0 Å². The van der Waals surface area contributed by atoms with Crippen LogP contribution in [0.15, 0.2) is 47.2 Å². The molecule has 0 saturated carbocycles. The molecular weight excluding hydrogens is 308 g/mol. The van der Waals surface area contributed by atoms with Crippen LogP contribution in [0.4, 0.5) is 0 Å². The minimum absolute atomic E-state index is 0.0532. The third kappa shape index (κ3) is 5.16. The standard InChI is InChI=1S/C18H24N2O2S/c1-14(10-19-2)18(22)20(11-15-6-4-3-5-7-15)12-17(21)16-8-9-23-13-16/h3-9,13-14,17,19,21H,10-12H2,1-2H3. The summed E-state index contributed by atoms with van der Waals surface area (Å²) >= 11 is 1.55. The summed E-state index contributed by atoms with van der Waals surface area (Å²) < 4.78 is 0. The zero-order valence-electron chi connectivity index (χ0n) is 13.6. The second kappa shape index (κ2) is 8.82. The molecule has 124 valence electrons. The number of hydrogen-bond acceptors (Lipinski definition) is 4. The summed E-state index contributed by atoms with van der Waals surface area (Å²) in [5.74, 6) is -0.0733. The van der Waals surface area contributed by atoms with E-state index in [0.717, 1.165) is 11.1 Å². The average molecular weight is 332 g/mol. The van der Waals surface area contributed by atoms with Gasteiger partial charge in [-0.1, -0.05) is 37.3 Å². The largest absolute Gasteiger partial charge is 0.387 e. The number of benzene rings is 1. The Morgan fingerprint density at radius 3 is 2.65 bits per heavy atom. The van der Waals surface area contributed by atoms with E-state index in [1.165, 1.54) is 0 Å². The highest BCUT2D eigenvalue weighted by atomic mass is 32.1. The van der Waals surface area contributed by atoms with E-state index in [-0.39, 0.29) is 11.8 Å². The van der Waals surface area contributed by atoms with Crippen molar-refractivity contribution >= 4 is 17.2 Å². The number of rotatable bonds is 8. The molecule has 2 unspecified atom stereocenters. The number of nitrogens with one attached hydrogen (secondary N) is 1. The van der Waals surface area contributed by atoms with Crippen molar-refractivity contribution in [3.63, 3.8) is 0 Å². The minimum Gasteiger partial charge on any atom is -0.387 e. The topological polar surface area (TPSA) is 52.6 Å². The first kappa shape index (κ1) is 17.7. The molecule has 2 aromatic rings. The molecule has 2 rings (SSSR count). The Morgan fingerprint density at radius 1 is 1.30 bits per heavy atom. The van der Waals surface area contributed by atoms with Crippen LogP contribution in [-0.4, -0.2) is 36.1 Å². The molecule has 5 heteroatoms. The summed E-state index contributed by atoms with van der Waals surface area (Å²) in [6.45, 7) is 3.35. The van der Waals surface area contributed by atoms with Crippen LogP contribution in [0.3, 0.4) is 0 Å². The van der Waals surface area contributed by atoms with Gasteiger partial charge in [0.15, 0.2) is 0 Å². The lowest BCUT2D eigenvalue weighted by atomic mass is 10.1. The number of carbonyl (C=O) groups excluding carboxylic acids is 1. The van der Waals surface area contributed by atoms with Gasteiger partial charge in [-0.15, -0.1) is 0 Å². The first-order valence-corrected chi connectivity index (χ1v) is 8.73. The van der Waals surface area contributed by atoms with E-state index in [1.54, 1.807) is 16.2 Å². The molecule has 0 saturated heterocycles. The maximum absolute atomic E-state index is 12.7. The van der Waals surface area contributed by atoms with Crippen molar-refractivity contribution in [1.29, 1.82) is 0 Å². The van der Waals surface area contributed by atoms with E-state index in [0.29, 0.717) is 19.6 Å². The summed E-state index contributed by atoms with van der Waals surface area (Å²) in [5, 5.41) is 17.3. The van der Waals surface area contributed by atoms with Gasteiger partial charge in [-0.2, -0.15) is 11.3 Å². The fraction of sp³-hybridized carbons (Fsp3) is 0.389. The molecule has 2 atom stereocenters. The van der Waals surface area contributed by atoms with Crippen molar-refractivity contribution < 1.29 is 9.90 Å². The molecule has 1 amide bonds. The predicted molar refractivity (Wildman–Crippen MR) is 94.2 cm³/mol. The van der Waals surface area contributed by atoms with E-state index in [4.69, 9.17) is 0 Å². The van der Waals surface area contributed by atoms with Crippen molar-refractivity contribution in [2.24, 2.45) is 5.92 Å². The Balaban J connectivity index is 2.11. The summed E-state index contributed by atoms with van der Waals surface area (Å²) in [6, 6.07) is 11.8. The molecule has 0 bridgehead atoms. The smallest absolute Gasteiger partial charge is 0.227 e. The van der Waals surface area contributed by atoms with Gasteiger partial charge < -0.3 is 15.3 Å². The van der Waals surface area contributed by atoms with Gasteiger partial charge in [0, 0.05) is 19.0 Å². The van der Waals surface area contributed by atoms with E-state index < -0.39 is 6.10 Å². The quantitative estimate of drug-likeness (QED) is 0.781. The Hall–Kier alpha value is -1.69. The van der Waals surface area contributed by atoms with Crippen molar-refractivity contribution in [3.05, 3.63) is 58.3 Å². The van der Waals surface area contributed by atoms with Gasteiger partial charge in [-0.05, 0) is 35.0 Å².